The minimum Gasteiger partial charge on any atom is -0.355 e. The predicted octanol–water partition coefficient (Wildman–Crippen LogP) is 1.81. The molecule has 0 aromatic carbocycles. The molecular formula is C11H14ClN3OS. The number of hydrogen-bond acceptors (Lipinski definition) is 4. The number of pyridine rings is 1. The number of hydrogen-bond donors (Lipinski definition) is 1. The molecule has 1 aliphatic rings. The Labute approximate surface area is 110 Å². The van der Waals surface area contributed by atoms with E-state index in [1.54, 1.807) is 6.07 Å². The van der Waals surface area contributed by atoms with Gasteiger partial charge in [0.25, 0.3) is 0 Å². The summed E-state index contributed by atoms with van der Waals surface area (Å²) in [6, 6.07) is 5.63. The minimum atomic E-state index is -0.231. The van der Waals surface area contributed by atoms with Crippen LogP contribution in [0.4, 0.5) is 11.6 Å². The van der Waals surface area contributed by atoms with Crippen LogP contribution in [-0.4, -0.2) is 41.4 Å². The molecule has 1 amide bonds. The summed E-state index contributed by atoms with van der Waals surface area (Å²) in [6.45, 7) is 2.01. The zero-order valence-corrected chi connectivity index (χ0v) is 10.9. The first-order valence-corrected chi connectivity index (χ1v) is 7.14. The average Bonchev–Trinajstić information content (AvgIpc) is 2.40. The molecule has 1 aromatic rings. The number of thioether (sulfide) groups is 1. The Morgan fingerprint density at radius 3 is 2.94 bits per heavy atom. The lowest BCUT2D eigenvalue weighted by molar-refractivity contribution is -0.113. The summed E-state index contributed by atoms with van der Waals surface area (Å²) < 4.78 is 0. The van der Waals surface area contributed by atoms with Crippen LogP contribution in [0.2, 0.25) is 0 Å². The van der Waals surface area contributed by atoms with Crippen LogP contribution in [0.15, 0.2) is 18.2 Å². The van der Waals surface area contributed by atoms with E-state index < -0.39 is 0 Å². The first-order chi connectivity index (χ1) is 8.29. The van der Waals surface area contributed by atoms with Crippen molar-refractivity contribution in [3.05, 3.63) is 18.2 Å². The Bertz CT molecular complexity index is 396. The highest BCUT2D eigenvalue weighted by atomic mass is 35.5. The van der Waals surface area contributed by atoms with E-state index in [-0.39, 0.29) is 11.8 Å². The van der Waals surface area contributed by atoms with E-state index in [9.17, 15) is 4.79 Å². The van der Waals surface area contributed by atoms with E-state index >= 15 is 0 Å². The molecule has 0 unspecified atom stereocenters. The van der Waals surface area contributed by atoms with Crippen molar-refractivity contribution in [2.75, 3.05) is 40.7 Å². The smallest absolute Gasteiger partial charge is 0.240 e. The van der Waals surface area contributed by atoms with Gasteiger partial charge < -0.3 is 10.2 Å². The molecule has 4 nitrogen and oxygen atoms in total. The minimum absolute atomic E-state index is 0.0493. The number of halogens is 1. The van der Waals surface area contributed by atoms with E-state index in [4.69, 9.17) is 11.6 Å². The van der Waals surface area contributed by atoms with Crippen LogP contribution >= 0.6 is 23.4 Å². The third kappa shape index (κ3) is 3.51. The average molecular weight is 272 g/mol. The van der Waals surface area contributed by atoms with E-state index in [2.05, 4.69) is 15.2 Å². The second kappa shape index (κ2) is 6.12. The van der Waals surface area contributed by atoms with Gasteiger partial charge >= 0.3 is 0 Å². The Morgan fingerprint density at radius 2 is 2.24 bits per heavy atom. The summed E-state index contributed by atoms with van der Waals surface area (Å²) in [5.74, 6) is 3.45. The Hall–Kier alpha value is -0.940. The largest absolute Gasteiger partial charge is 0.355 e. The molecule has 2 heterocycles. The van der Waals surface area contributed by atoms with Gasteiger partial charge in [-0.25, -0.2) is 4.98 Å². The molecule has 2 rings (SSSR count). The van der Waals surface area contributed by atoms with Crippen LogP contribution in [0, 0.1) is 0 Å². The zero-order chi connectivity index (χ0) is 12.1. The number of alkyl halides is 1. The highest BCUT2D eigenvalue weighted by Crippen LogP contribution is 2.18. The fraction of sp³-hybridized carbons (Fsp3) is 0.455. The number of rotatable bonds is 3. The van der Waals surface area contributed by atoms with E-state index in [1.807, 2.05) is 23.9 Å². The number of carbonyl (C=O) groups excluding carboxylic acids is 1. The molecule has 0 bridgehead atoms. The lowest BCUT2D eigenvalue weighted by Gasteiger charge is -2.27. The maximum Gasteiger partial charge on any atom is 0.240 e. The SMILES string of the molecule is O=C(CCl)Nc1cccc(N2CCSCC2)n1. The van der Waals surface area contributed by atoms with Crippen molar-refractivity contribution in [2.45, 2.75) is 0 Å². The van der Waals surface area contributed by atoms with Crippen molar-refractivity contribution in [1.29, 1.82) is 0 Å². The van der Waals surface area contributed by atoms with Crippen LogP contribution in [0.3, 0.4) is 0 Å². The molecule has 1 N–H and O–H groups in total. The first kappa shape index (κ1) is 12.5. The fourth-order valence-corrected chi connectivity index (χ4v) is 2.61. The second-order valence-electron chi connectivity index (χ2n) is 3.66. The number of anilines is 2. The molecule has 1 saturated heterocycles. The number of nitrogens with one attached hydrogen (secondary N) is 1. The molecular weight excluding hydrogens is 258 g/mol. The van der Waals surface area contributed by atoms with Crippen molar-refractivity contribution in [3.8, 4) is 0 Å². The summed E-state index contributed by atoms with van der Waals surface area (Å²) in [6.07, 6.45) is 0. The van der Waals surface area contributed by atoms with Crippen molar-refractivity contribution in [2.24, 2.45) is 0 Å². The summed E-state index contributed by atoms with van der Waals surface area (Å²) in [7, 11) is 0. The Kier molecular flexibility index (Phi) is 4.50. The molecule has 0 atom stereocenters. The van der Waals surface area contributed by atoms with Gasteiger partial charge in [-0.3, -0.25) is 4.79 Å². The summed E-state index contributed by atoms with van der Waals surface area (Å²) >= 11 is 7.39. The Morgan fingerprint density at radius 1 is 1.47 bits per heavy atom. The molecule has 0 aliphatic carbocycles. The van der Waals surface area contributed by atoms with Gasteiger partial charge in [0.2, 0.25) is 5.91 Å². The van der Waals surface area contributed by atoms with Gasteiger partial charge in [-0.15, -0.1) is 11.6 Å². The van der Waals surface area contributed by atoms with Crippen molar-refractivity contribution < 1.29 is 4.79 Å². The van der Waals surface area contributed by atoms with E-state index in [0.717, 1.165) is 30.4 Å². The van der Waals surface area contributed by atoms with Crippen molar-refractivity contribution in [1.82, 2.24) is 4.98 Å². The summed E-state index contributed by atoms with van der Waals surface area (Å²) in [5, 5.41) is 2.66. The quantitative estimate of drug-likeness (QED) is 0.852. The van der Waals surface area contributed by atoms with Gasteiger partial charge in [0, 0.05) is 24.6 Å². The van der Waals surface area contributed by atoms with Crippen LogP contribution in [0.25, 0.3) is 0 Å². The molecule has 1 fully saturated rings. The highest BCUT2D eigenvalue weighted by molar-refractivity contribution is 7.99. The number of carbonyl (C=O) groups is 1. The van der Waals surface area contributed by atoms with Crippen LogP contribution < -0.4 is 10.2 Å². The first-order valence-electron chi connectivity index (χ1n) is 5.45. The van der Waals surface area contributed by atoms with Gasteiger partial charge in [0.05, 0.1) is 0 Å². The van der Waals surface area contributed by atoms with Gasteiger partial charge in [-0.05, 0) is 12.1 Å². The molecule has 0 saturated carbocycles. The maximum atomic E-state index is 11.2. The van der Waals surface area contributed by atoms with Crippen LogP contribution in [0.5, 0.6) is 0 Å². The maximum absolute atomic E-state index is 11.2. The normalized spacial score (nSPS) is 15.7. The lowest BCUT2D eigenvalue weighted by Crippen LogP contribution is -2.33. The highest BCUT2D eigenvalue weighted by Gasteiger charge is 2.12. The molecule has 0 radical (unpaired) electrons. The third-order valence-electron chi connectivity index (χ3n) is 2.46. The molecule has 6 heteroatoms. The van der Waals surface area contributed by atoms with Crippen molar-refractivity contribution >= 4 is 40.9 Å². The standard InChI is InChI=1S/C11H14ClN3OS/c12-8-11(16)14-9-2-1-3-10(13-9)15-4-6-17-7-5-15/h1-3H,4-8H2,(H,13,14,16). The van der Waals surface area contributed by atoms with Crippen LogP contribution in [0.1, 0.15) is 0 Å². The summed E-state index contributed by atoms with van der Waals surface area (Å²) in [4.78, 5) is 17.8. The number of nitrogens with zero attached hydrogens (tertiary/aromatic N) is 2. The molecule has 1 aromatic heterocycles. The topological polar surface area (TPSA) is 45.2 Å². The van der Waals surface area contributed by atoms with Gasteiger partial charge in [0.15, 0.2) is 0 Å². The number of amides is 1. The second-order valence-corrected chi connectivity index (χ2v) is 5.15. The molecule has 1 aliphatic heterocycles. The zero-order valence-electron chi connectivity index (χ0n) is 9.36. The Balaban J connectivity index is 2.07. The molecule has 92 valence electrons. The van der Waals surface area contributed by atoms with Crippen LogP contribution in [-0.2, 0) is 4.79 Å². The molecule has 0 spiro atoms. The van der Waals surface area contributed by atoms with Gasteiger partial charge in [-0.2, -0.15) is 11.8 Å². The number of aromatic nitrogens is 1. The third-order valence-corrected chi connectivity index (χ3v) is 3.64. The fourth-order valence-electron chi connectivity index (χ4n) is 1.64. The molecule has 17 heavy (non-hydrogen) atoms. The monoisotopic (exact) mass is 271 g/mol. The van der Waals surface area contributed by atoms with Gasteiger partial charge in [0.1, 0.15) is 17.5 Å². The predicted molar refractivity (Wildman–Crippen MR) is 73.1 cm³/mol. The lowest BCUT2D eigenvalue weighted by atomic mass is 10.4. The van der Waals surface area contributed by atoms with Crippen molar-refractivity contribution in [3.63, 3.8) is 0 Å². The van der Waals surface area contributed by atoms with E-state index in [1.165, 1.54) is 0 Å². The summed E-state index contributed by atoms with van der Waals surface area (Å²) in [5.41, 5.74) is 0. The van der Waals surface area contributed by atoms with Gasteiger partial charge in [-0.1, -0.05) is 6.07 Å². The van der Waals surface area contributed by atoms with E-state index in [0.29, 0.717) is 5.82 Å².